The second kappa shape index (κ2) is 7.80. The number of carbonyl (C=O) groups excluding carboxylic acids is 1. The number of furan rings is 1. The minimum Gasteiger partial charge on any atom is -0.450 e. The lowest BCUT2D eigenvalue weighted by atomic mass is 10.1. The zero-order valence-corrected chi connectivity index (χ0v) is 16.8. The first-order valence-electron chi connectivity index (χ1n) is 9.65. The lowest BCUT2D eigenvalue weighted by Gasteiger charge is -2.06. The third-order valence-electron chi connectivity index (χ3n) is 4.92. The van der Waals surface area contributed by atoms with Crippen molar-refractivity contribution < 1.29 is 9.21 Å². The van der Waals surface area contributed by atoms with Crippen LogP contribution in [0, 0.1) is 20.8 Å². The molecule has 3 heteroatoms. The zero-order valence-electron chi connectivity index (χ0n) is 16.8. The smallest absolute Gasteiger partial charge is 0.230 e. The van der Waals surface area contributed by atoms with Crippen molar-refractivity contribution in [3.63, 3.8) is 0 Å². The Labute approximate surface area is 171 Å². The lowest BCUT2D eigenvalue weighted by molar-refractivity contribution is 0.101. The van der Waals surface area contributed by atoms with Crippen LogP contribution in [0.2, 0.25) is 0 Å². The molecule has 0 saturated heterocycles. The fourth-order valence-electron chi connectivity index (χ4n) is 3.14. The van der Waals surface area contributed by atoms with E-state index in [2.05, 4.69) is 5.32 Å². The third kappa shape index (κ3) is 4.14. The van der Waals surface area contributed by atoms with Gasteiger partial charge in [-0.05, 0) is 32.9 Å². The molecule has 1 aromatic heterocycles. The molecule has 0 amide bonds. The largest absolute Gasteiger partial charge is 0.450 e. The van der Waals surface area contributed by atoms with Gasteiger partial charge in [0.25, 0.3) is 0 Å². The van der Waals surface area contributed by atoms with Gasteiger partial charge in [0.05, 0.1) is 5.69 Å². The normalized spacial score (nSPS) is 10.7. The highest BCUT2D eigenvalue weighted by atomic mass is 16.3. The molecule has 0 fully saturated rings. The first-order chi connectivity index (χ1) is 14.0. The quantitative estimate of drug-likeness (QED) is 0.385. The van der Waals surface area contributed by atoms with Crippen molar-refractivity contribution in [2.24, 2.45) is 0 Å². The van der Waals surface area contributed by atoms with Crippen molar-refractivity contribution in [1.82, 2.24) is 0 Å². The Balaban J connectivity index is 1.76. The molecule has 3 aromatic carbocycles. The summed E-state index contributed by atoms with van der Waals surface area (Å²) in [6, 6.07) is 25.6. The summed E-state index contributed by atoms with van der Waals surface area (Å²) in [5.41, 5.74) is 6.57. The molecule has 4 rings (SSSR count). The Morgan fingerprint density at radius 3 is 1.83 bits per heavy atom. The van der Waals surface area contributed by atoms with Crippen LogP contribution in [-0.4, -0.2) is 5.78 Å². The summed E-state index contributed by atoms with van der Waals surface area (Å²) < 4.78 is 6.07. The van der Waals surface area contributed by atoms with E-state index in [0.717, 1.165) is 16.8 Å². The number of nitrogens with one attached hydrogen (secondary N) is 1. The molecular formula is C26H23NO2. The van der Waals surface area contributed by atoms with Crippen LogP contribution in [0.25, 0.3) is 11.3 Å². The van der Waals surface area contributed by atoms with Crippen molar-refractivity contribution in [2.75, 3.05) is 5.32 Å². The molecule has 1 heterocycles. The second-order valence-corrected chi connectivity index (χ2v) is 7.41. The Bertz CT molecular complexity index is 1140. The number of benzene rings is 3. The van der Waals surface area contributed by atoms with Crippen LogP contribution in [-0.2, 0) is 0 Å². The Kier molecular flexibility index (Phi) is 5.05. The zero-order chi connectivity index (χ0) is 20.4. The summed E-state index contributed by atoms with van der Waals surface area (Å²) in [7, 11) is 0. The third-order valence-corrected chi connectivity index (χ3v) is 4.92. The number of anilines is 2. The van der Waals surface area contributed by atoms with Gasteiger partial charge in [-0.15, -0.1) is 0 Å². The molecule has 29 heavy (non-hydrogen) atoms. The average Bonchev–Trinajstić information content (AvgIpc) is 3.14. The summed E-state index contributed by atoms with van der Waals surface area (Å²) in [6.07, 6.45) is 0. The minimum atomic E-state index is -0.141. The predicted octanol–water partition coefficient (Wildman–Crippen LogP) is 6.85. The van der Waals surface area contributed by atoms with E-state index in [1.807, 2.05) is 99.6 Å². The molecular weight excluding hydrogens is 358 g/mol. The number of aryl methyl sites for hydroxylation is 3. The molecule has 0 radical (unpaired) electrons. The van der Waals surface area contributed by atoms with Gasteiger partial charge in [0.2, 0.25) is 5.78 Å². The maximum Gasteiger partial charge on any atom is 0.230 e. The van der Waals surface area contributed by atoms with Gasteiger partial charge in [-0.2, -0.15) is 0 Å². The molecule has 0 unspecified atom stereocenters. The van der Waals surface area contributed by atoms with Crippen LogP contribution in [0.5, 0.6) is 0 Å². The first kappa shape index (κ1) is 18.8. The number of carbonyl (C=O) groups is 1. The maximum atomic E-state index is 13.2. The van der Waals surface area contributed by atoms with Crippen LogP contribution in [0.15, 0.2) is 83.3 Å². The van der Waals surface area contributed by atoms with Crippen LogP contribution < -0.4 is 5.32 Å². The van der Waals surface area contributed by atoms with Crippen molar-refractivity contribution in [3.05, 3.63) is 107 Å². The van der Waals surface area contributed by atoms with Gasteiger partial charge >= 0.3 is 0 Å². The highest BCUT2D eigenvalue weighted by molar-refractivity contribution is 6.11. The lowest BCUT2D eigenvalue weighted by Crippen LogP contribution is -2.03. The first-order valence-corrected chi connectivity index (χ1v) is 9.65. The summed E-state index contributed by atoms with van der Waals surface area (Å²) in [5, 5.41) is 3.35. The molecule has 0 spiro atoms. The summed E-state index contributed by atoms with van der Waals surface area (Å²) >= 11 is 0. The molecule has 3 nitrogen and oxygen atoms in total. The summed E-state index contributed by atoms with van der Waals surface area (Å²) in [4.78, 5) is 13.2. The maximum absolute atomic E-state index is 13.2. The molecule has 0 bridgehead atoms. The highest BCUT2D eigenvalue weighted by Gasteiger charge is 2.21. The van der Waals surface area contributed by atoms with Crippen molar-refractivity contribution >= 4 is 17.2 Å². The van der Waals surface area contributed by atoms with E-state index in [9.17, 15) is 4.79 Å². The summed E-state index contributed by atoms with van der Waals surface area (Å²) in [5.74, 6) is 0.832. The van der Waals surface area contributed by atoms with E-state index < -0.39 is 0 Å². The SMILES string of the molecule is Cc1ccc(Nc2cc(-c3ccc(C)cc3)oc2C(=O)c2ccc(C)cc2)cc1. The van der Waals surface area contributed by atoms with Crippen LogP contribution >= 0.6 is 0 Å². The van der Waals surface area contributed by atoms with E-state index in [4.69, 9.17) is 4.42 Å². The number of hydrogen-bond acceptors (Lipinski definition) is 3. The summed E-state index contributed by atoms with van der Waals surface area (Å²) in [6.45, 7) is 6.09. The molecule has 0 atom stereocenters. The van der Waals surface area contributed by atoms with Gasteiger partial charge in [-0.25, -0.2) is 0 Å². The van der Waals surface area contributed by atoms with E-state index in [0.29, 0.717) is 22.8 Å². The molecule has 4 aromatic rings. The van der Waals surface area contributed by atoms with Crippen molar-refractivity contribution in [2.45, 2.75) is 20.8 Å². The molecule has 0 aliphatic rings. The monoisotopic (exact) mass is 381 g/mol. The fraction of sp³-hybridized carbons (Fsp3) is 0.115. The molecule has 144 valence electrons. The molecule has 0 aliphatic heterocycles. The standard InChI is InChI=1S/C26H23NO2/c1-17-4-10-20(11-5-17)24-16-23(27-22-14-8-19(3)9-15-22)26(29-24)25(28)21-12-6-18(2)7-13-21/h4-16,27H,1-3H3. The fourth-order valence-corrected chi connectivity index (χ4v) is 3.14. The second-order valence-electron chi connectivity index (χ2n) is 7.41. The minimum absolute atomic E-state index is 0.141. The Morgan fingerprint density at radius 1 is 0.724 bits per heavy atom. The van der Waals surface area contributed by atoms with Crippen LogP contribution in [0.3, 0.4) is 0 Å². The topological polar surface area (TPSA) is 42.2 Å². The van der Waals surface area contributed by atoms with Gasteiger partial charge in [0, 0.05) is 22.9 Å². The molecule has 0 aliphatic carbocycles. The molecule has 0 saturated carbocycles. The van der Waals surface area contributed by atoms with Gasteiger partial charge in [0.15, 0.2) is 5.76 Å². The van der Waals surface area contributed by atoms with E-state index in [1.54, 1.807) is 0 Å². The van der Waals surface area contributed by atoms with E-state index >= 15 is 0 Å². The highest BCUT2D eigenvalue weighted by Crippen LogP contribution is 2.33. The van der Waals surface area contributed by atoms with Crippen molar-refractivity contribution in [1.29, 1.82) is 0 Å². The van der Waals surface area contributed by atoms with Crippen LogP contribution in [0.1, 0.15) is 32.8 Å². The van der Waals surface area contributed by atoms with Gasteiger partial charge in [0.1, 0.15) is 5.76 Å². The Morgan fingerprint density at radius 2 is 1.24 bits per heavy atom. The number of rotatable bonds is 5. The van der Waals surface area contributed by atoms with E-state index in [-0.39, 0.29) is 5.78 Å². The van der Waals surface area contributed by atoms with Gasteiger partial charge < -0.3 is 9.73 Å². The molecule has 1 N–H and O–H groups in total. The number of hydrogen-bond donors (Lipinski definition) is 1. The number of ketones is 1. The van der Waals surface area contributed by atoms with Gasteiger partial charge in [-0.1, -0.05) is 77.4 Å². The van der Waals surface area contributed by atoms with Gasteiger partial charge in [-0.3, -0.25) is 4.79 Å². The predicted molar refractivity (Wildman–Crippen MR) is 118 cm³/mol. The average molecular weight is 381 g/mol. The van der Waals surface area contributed by atoms with Crippen LogP contribution in [0.4, 0.5) is 11.4 Å². The van der Waals surface area contributed by atoms with E-state index in [1.165, 1.54) is 11.1 Å². The Hall–Kier alpha value is -3.59. The van der Waals surface area contributed by atoms with Crippen molar-refractivity contribution in [3.8, 4) is 11.3 Å².